The summed E-state index contributed by atoms with van der Waals surface area (Å²) in [6, 6.07) is 5.04. The minimum absolute atomic E-state index is 0.0292. The van der Waals surface area contributed by atoms with Crippen molar-refractivity contribution < 1.29 is 23.5 Å². The zero-order valence-corrected chi connectivity index (χ0v) is 22.4. The van der Waals surface area contributed by atoms with Crippen LogP contribution in [0, 0.1) is 5.95 Å². The Morgan fingerprint density at radius 3 is 2.74 bits per heavy atom. The van der Waals surface area contributed by atoms with Crippen LogP contribution in [0.25, 0.3) is 11.3 Å². The van der Waals surface area contributed by atoms with Crippen molar-refractivity contribution in [2.24, 2.45) is 0 Å². The number of rotatable bonds is 9. The van der Waals surface area contributed by atoms with E-state index in [1.165, 1.54) is 27.5 Å². The Bertz CT molecular complexity index is 2010. The van der Waals surface area contributed by atoms with Gasteiger partial charge in [0.2, 0.25) is 11.8 Å². The molecule has 1 amide bonds. The average Bonchev–Trinajstić information content (AvgIpc) is 3.32. The van der Waals surface area contributed by atoms with Crippen molar-refractivity contribution in [1.29, 1.82) is 0 Å². The van der Waals surface area contributed by atoms with Crippen molar-refractivity contribution in [3.8, 4) is 0 Å². The summed E-state index contributed by atoms with van der Waals surface area (Å²) in [5, 5.41) is 27.2. The second-order valence-electron chi connectivity index (χ2n) is 9.94. The van der Waals surface area contributed by atoms with Crippen molar-refractivity contribution >= 4 is 34.8 Å². The summed E-state index contributed by atoms with van der Waals surface area (Å²) in [6.07, 6.45) is 9.29. The molecule has 0 spiro atoms. The number of amides is 1. The van der Waals surface area contributed by atoms with E-state index in [2.05, 4.69) is 30.8 Å². The molecule has 0 aliphatic heterocycles. The third kappa shape index (κ3) is 4.94. The Hall–Kier alpha value is -5.18. The first kappa shape index (κ1) is 25.8. The van der Waals surface area contributed by atoms with Gasteiger partial charge in [0.1, 0.15) is 11.3 Å². The quantitative estimate of drug-likeness (QED) is 0.239. The van der Waals surface area contributed by atoms with Gasteiger partial charge in [0.25, 0.3) is 5.91 Å². The largest absolute Gasteiger partial charge is 0.474 e. The number of nitrogens with one attached hydrogen (secondary N) is 1. The number of hydrogen-bond acceptors (Lipinski definition) is 9. The predicted octanol–water partition coefficient (Wildman–Crippen LogP) is 2.89. The van der Waals surface area contributed by atoms with E-state index in [1.54, 1.807) is 6.07 Å². The highest BCUT2D eigenvalue weighted by Crippen LogP contribution is 2.40. The second kappa shape index (κ2) is 10.0. The van der Waals surface area contributed by atoms with Crippen molar-refractivity contribution in [3.63, 3.8) is 0 Å². The number of hydrogen-bond donors (Lipinski definition) is 2. The van der Waals surface area contributed by atoms with Crippen LogP contribution in [0.4, 0.5) is 4.39 Å². The number of imidazole rings is 2. The molecule has 0 unspecified atom stereocenters. The van der Waals surface area contributed by atoms with Gasteiger partial charge in [-0.2, -0.15) is 4.39 Å². The number of aromatic carboxylic acids is 1. The molecular weight excluding hydrogens is 571 g/mol. The molecule has 7 rings (SSSR count). The molecule has 1 aliphatic rings. The molecule has 0 radical (unpaired) electrons. The topological polar surface area (TPSA) is 171 Å². The van der Waals surface area contributed by atoms with Gasteiger partial charge in [0, 0.05) is 24.2 Å². The lowest BCUT2D eigenvalue weighted by atomic mass is 10.1. The van der Waals surface area contributed by atoms with Crippen LogP contribution < -0.4 is 5.32 Å². The molecule has 0 bridgehead atoms. The summed E-state index contributed by atoms with van der Waals surface area (Å²) in [5.74, 6) is -2.21. The van der Waals surface area contributed by atoms with Gasteiger partial charge in [-0.25, -0.2) is 19.4 Å². The van der Waals surface area contributed by atoms with Gasteiger partial charge in [0.15, 0.2) is 5.69 Å². The van der Waals surface area contributed by atoms with E-state index in [9.17, 15) is 14.0 Å². The van der Waals surface area contributed by atoms with Gasteiger partial charge < -0.3 is 19.2 Å². The molecule has 0 saturated heterocycles. The normalized spacial score (nSPS) is 13.3. The van der Waals surface area contributed by atoms with E-state index >= 15 is 0 Å². The van der Waals surface area contributed by atoms with Crippen molar-refractivity contribution in [3.05, 3.63) is 93.9 Å². The number of halogens is 2. The summed E-state index contributed by atoms with van der Waals surface area (Å²) in [6.45, 7) is 0.299. The monoisotopic (exact) mass is 590 g/mol. The molecule has 6 aromatic rings. The molecule has 1 saturated carbocycles. The smallest absolute Gasteiger partial charge is 0.393 e. The number of fused-ring (bicyclic) bond motifs is 2. The number of nitrogens with zero attached hydrogens (tertiary/aromatic N) is 9. The fourth-order valence-corrected chi connectivity index (χ4v) is 4.86. The van der Waals surface area contributed by atoms with Crippen LogP contribution in [0.2, 0.25) is 5.02 Å². The van der Waals surface area contributed by atoms with Crippen LogP contribution in [0.5, 0.6) is 0 Å². The summed E-state index contributed by atoms with van der Waals surface area (Å²) in [4.78, 5) is 32.9. The molecule has 2 N–H and O–H groups in total. The highest BCUT2D eigenvalue weighted by atomic mass is 35.5. The van der Waals surface area contributed by atoms with Crippen LogP contribution in [-0.4, -0.2) is 60.9 Å². The first-order chi connectivity index (χ1) is 20.3. The Morgan fingerprint density at radius 1 is 1.10 bits per heavy atom. The van der Waals surface area contributed by atoms with Crippen molar-refractivity contribution in [1.82, 2.24) is 49.3 Å². The van der Waals surface area contributed by atoms with Crippen molar-refractivity contribution in [2.45, 2.75) is 38.3 Å². The summed E-state index contributed by atoms with van der Waals surface area (Å²) in [5.41, 5.74) is 4.21. The molecule has 0 aromatic carbocycles. The Morgan fingerprint density at radius 2 is 1.95 bits per heavy atom. The van der Waals surface area contributed by atoms with E-state index in [0.29, 0.717) is 28.6 Å². The van der Waals surface area contributed by atoms with Gasteiger partial charge in [-0.3, -0.25) is 9.20 Å². The van der Waals surface area contributed by atoms with E-state index in [4.69, 9.17) is 26.1 Å². The maximum Gasteiger partial charge on any atom is 0.393 e. The zero-order valence-electron chi connectivity index (χ0n) is 21.6. The van der Waals surface area contributed by atoms with Gasteiger partial charge >= 0.3 is 11.9 Å². The minimum Gasteiger partial charge on any atom is -0.474 e. The lowest BCUT2D eigenvalue weighted by Gasteiger charge is -2.06. The number of carboxylic acids is 1. The van der Waals surface area contributed by atoms with Crippen LogP contribution in [0.15, 0.2) is 47.4 Å². The highest BCUT2D eigenvalue weighted by Gasteiger charge is 2.26. The van der Waals surface area contributed by atoms with Gasteiger partial charge in [-0.15, -0.1) is 15.3 Å². The number of carboxylic acid groups (broad SMARTS) is 1. The van der Waals surface area contributed by atoms with E-state index in [0.717, 1.165) is 24.0 Å². The zero-order chi connectivity index (χ0) is 29.0. The third-order valence-corrected chi connectivity index (χ3v) is 7.12. The molecule has 42 heavy (non-hydrogen) atoms. The van der Waals surface area contributed by atoms with E-state index in [-0.39, 0.29) is 36.1 Å². The first-order valence-corrected chi connectivity index (χ1v) is 13.2. The minimum atomic E-state index is -1.29. The second-order valence-corrected chi connectivity index (χ2v) is 10.3. The number of aromatic nitrogens is 9. The van der Waals surface area contributed by atoms with Gasteiger partial charge in [0.05, 0.1) is 42.1 Å². The number of carbonyl (C=O) groups excluding carboxylic acids is 1. The fourth-order valence-electron chi connectivity index (χ4n) is 4.71. The number of pyridine rings is 2. The maximum atomic E-state index is 14.2. The average molecular weight is 591 g/mol. The first-order valence-electron chi connectivity index (χ1n) is 12.9. The van der Waals surface area contributed by atoms with Gasteiger partial charge in [-0.1, -0.05) is 16.8 Å². The fraction of sp³-hybridized carbons (Fsp3) is 0.231. The van der Waals surface area contributed by atoms with Crippen molar-refractivity contribution in [2.75, 3.05) is 0 Å². The molecular formula is C26H20ClFN10O4. The standard InChI is InChI=1S/C26H20ClFN10O4/c27-18-3-4-20-30-16(11-38(20)22(18)28)7-29-24(39)19-12-37(35-32-19)10-17-9-36-8-15(13-1-2-13)5-14(23(36)31-17)6-21-33-34-25(42-21)26(40)41/h3-5,8-9,11-13H,1-2,6-7,10H2,(H,29,39)(H,40,41). The van der Waals surface area contributed by atoms with Crippen LogP contribution in [0.1, 0.15) is 68.3 Å². The highest BCUT2D eigenvalue weighted by molar-refractivity contribution is 6.30. The molecule has 14 nitrogen and oxygen atoms in total. The Labute approximate surface area is 239 Å². The molecule has 212 valence electrons. The molecule has 6 aromatic heterocycles. The molecule has 1 fully saturated rings. The van der Waals surface area contributed by atoms with E-state index < -0.39 is 23.7 Å². The summed E-state index contributed by atoms with van der Waals surface area (Å²) >= 11 is 5.82. The Balaban J connectivity index is 1.07. The lowest BCUT2D eigenvalue weighted by molar-refractivity contribution is 0.0651. The van der Waals surface area contributed by atoms with Crippen LogP contribution in [0.3, 0.4) is 0 Å². The lowest BCUT2D eigenvalue weighted by Crippen LogP contribution is -2.23. The van der Waals surface area contributed by atoms with Crippen LogP contribution >= 0.6 is 11.6 Å². The maximum absolute atomic E-state index is 14.2. The molecule has 6 heterocycles. The molecule has 16 heteroatoms. The summed E-state index contributed by atoms with van der Waals surface area (Å²) in [7, 11) is 0. The Kier molecular flexibility index (Phi) is 6.15. The van der Waals surface area contributed by atoms with E-state index in [1.807, 2.05) is 22.9 Å². The van der Waals surface area contributed by atoms with Gasteiger partial charge in [-0.05, 0) is 42.5 Å². The third-order valence-electron chi connectivity index (χ3n) is 6.83. The number of carbonyl (C=O) groups is 2. The summed E-state index contributed by atoms with van der Waals surface area (Å²) < 4.78 is 24.1. The molecule has 1 aliphatic carbocycles. The molecule has 0 atom stereocenters. The predicted molar refractivity (Wildman–Crippen MR) is 142 cm³/mol. The van der Waals surface area contributed by atoms with Crippen LogP contribution in [-0.2, 0) is 19.5 Å². The SMILES string of the molecule is O=C(NCc1cn2c(F)c(Cl)ccc2n1)c1cn(Cc2cn3cc(C4CC4)cc(Cc4nnc(C(=O)O)o4)c3n2)nn1.